The van der Waals surface area contributed by atoms with Gasteiger partial charge in [0.25, 0.3) is 0 Å². The molecule has 0 radical (unpaired) electrons. The number of ether oxygens (including phenoxy) is 1. The number of rotatable bonds is 6. The first kappa shape index (κ1) is 16.5. The van der Waals surface area contributed by atoms with Crippen molar-refractivity contribution in [1.82, 2.24) is 0 Å². The number of benzene rings is 2. The van der Waals surface area contributed by atoms with Crippen molar-refractivity contribution in [3.05, 3.63) is 59.1 Å². The van der Waals surface area contributed by atoms with Crippen molar-refractivity contribution in [3.8, 4) is 5.75 Å². The minimum Gasteiger partial charge on any atom is -0.478 e. The molecule has 0 aliphatic heterocycles. The van der Waals surface area contributed by atoms with E-state index in [9.17, 15) is 13.2 Å². The maximum atomic E-state index is 11.8. The topological polar surface area (TPSA) is 60.4 Å². The van der Waals surface area contributed by atoms with Gasteiger partial charge in [-0.25, -0.2) is 8.42 Å². The van der Waals surface area contributed by atoms with Crippen LogP contribution in [0.5, 0.6) is 5.75 Å². The second-order valence-electron chi connectivity index (χ2n) is 4.60. The summed E-state index contributed by atoms with van der Waals surface area (Å²) in [5.41, 5.74) is 0.583. The highest BCUT2D eigenvalue weighted by atomic mass is 35.5. The lowest BCUT2D eigenvalue weighted by atomic mass is 10.1. The van der Waals surface area contributed by atoms with Crippen LogP contribution in [0.2, 0.25) is 5.02 Å². The maximum absolute atomic E-state index is 11.8. The monoisotopic (exact) mass is 338 g/mol. The van der Waals surface area contributed by atoms with Gasteiger partial charge in [-0.2, -0.15) is 0 Å². The SMILES string of the molecule is CCS(=O)(=O)c1ccc(C(C=O)Oc2ccc(Cl)cc2)cc1. The number of aldehydes is 1. The molecule has 116 valence electrons. The van der Waals surface area contributed by atoms with Crippen LogP contribution in [0.3, 0.4) is 0 Å². The molecule has 2 aromatic rings. The van der Waals surface area contributed by atoms with Crippen molar-refractivity contribution in [1.29, 1.82) is 0 Å². The second kappa shape index (κ2) is 6.94. The molecule has 22 heavy (non-hydrogen) atoms. The average molecular weight is 339 g/mol. The zero-order chi connectivity index (χ0) is 16.2. The molecule has 0 amide bonds. The van der Waals surface area contributed by atoms with Gasteiger partial charge in [0, 0.05) is 5.02 Å². The van der Waals surface area contributed by atoms with Gasteiger partial charge < -0.3 is 4.74 Å². The summed E-state index contributed by atoms with van der Waals surface area (Å²) in [5.74, 6) is 0.539. The van der Waals surface area contributed by atoms with E-state index in [4.69, 9.17) is 16.3 Å². The van der Waals surface area contributed by atoms with E-state index in [2.05, 4.69) is 0 Å². The Morgan fingerprint density at radius 2 is 1.68 bits per heavy atom. The number of carbonyl (C=O) groups is 1. The van der Waals surface area contributed by atoms with E-state index in [-0.39, 0.29) is 10.6 Å². The normalized spacial score (nSPS) is 12.6. The highest BCUT2D eigenvalue weighted by molar-refractivity contribution is 7.91. The minimum atomic E-state index is -3.25. The number of carbonyl (C=O) groups excluding carboxylic acids is 1. The van der Waals surface area contributed by atoms with Crippen LogP contribution < -0.4 is 4.74 Å². The fourth-order valence-electron chi connectivity index (χ4n) is 1.87. The first-order valence-electron chi connectivity index (χ1n) is 6.66. The minimum absolute atomic E-state index is 0.0325. The van der Waals surface area contributed by atoms with Gasteiger partial charge in [-0.15, -0.1) is 0 Å². The van der Waals surface area contributed by atoms with Crippen LogP contribution in [-0.4, -0.2) is 20.5 Å². The van der Waals surface area contributed by atoms with Crippen LogP contribution in [0.15, 0.2) is 53.4 Å². The zero-order valence-electron chi connectivity index (χ0n) is 11.9. The largest absolute Gasteiger partial charge is 0.478 e. The Morgan fingerprint density at radius 1 is 1.09 bits per heavy atom. The number of sulfone groups is 1. The summed E-state index contributed by atoms with van der Waals surface area (Å²) in [6.45, 7) is 1.58. The van der Waals surface area contributed by atoms with Gasteiger partial charge in [0.1, 0.15) is 5.75 Å². The third-order valence-electron chi connectivity index (χ3n) is 3.15. The summed E-state index contributed by atoms with van der Waals surface area (Å²) in [6.07, 6.45) is -0.141. The summed E-state index contributed by atoms with van der Waals surface area (Å²) >= 11 is 5.79. The number of halogens is 1. The predicted molar refractivity (Wildman–Crippen MR) is 85.1 cm³/mol. The molecule has 2 aromatic carbocycles. The van der Waals surface area contributed by atoms with Crippen LogP contribution in [0.25, 0.3) is 0 Å². The van der Waals surface area contributed by atoms with Gasteiger partial charge in [-0.3, -0.25) is 4.79 Å². The van der Waals surface area contributed by atoms with E-state index in [1.54, 1.807) is 43.3 Å². The molecular weight excluding hydrogens is 324 g/mol. The van der Waals surface area contributed by atoms with Gasteiger partial charge >= 0.3 is 0 Å². The molecule has 0 saturated heterocycles. The Kier molecular flexibility index (Phi) is 5.21. The average Bonchev–Trinajstić information content (AvgIpc) is 2.54. The molecule has 0 aliphatic rings. The van der Waals surface area contributed by atoms with E-state index < -0.39 is 15.9 Å². The molecule has 1 atom stereocenters. The smallest absolute Gasteiger partial charge is 0.179 e. The molecule has 1 unspecified atom stereocenters. The Bertz CT molecular complexity index is 737. The lowest BCUT2D eigenvalue weighted by Gasteiger charge is -2.14. The Morgan fingerprint density at radius 3 is 2.18 bits per heavy atom. The highest BCUT2D eigenvalue weighted by Gasteiger charge is 2.15. The standard InChI is InChI=1S/C16H15ClO4S/c1-2-22(19,20)15-9-3-12(4-10-15)16(11-18)21-14-7-5-13(17)6-8-14/h3-11,16H,2H2,1H3. The predicted octanol–water partition coefficient (Wildman–Crippen LogP) is 3.45. The van der Waals surface area contributed by atoms with Crippen LogP contribution in [-0.2, 0) is 14.6 Å². The third kappa shape index (κ3) is 3.87. The molecule has 6 heteroatoms. The molecule has 0 heterocycles. The summed E-state index contributed by atoms with van der Waals surface area (Å²) in [5, 5.41) is 0.573. The second-order valence-corrected chi connectivity index (χ2v) is 7.32. The Hall–Kier alpha value is -1.85. The fraction of sp³-hybridized carbons (Fsp3) is 0.188. The highest BCUT2D eigenvalue weighted by Crippen LogP contribution is 2.23. The molecule has 0 N–H and O–H groups in total. The first-order chi connectivity index (χ1) is 10.5. The quantitative estimate of drug-likeness (QED) is 0.757. The first-order valence-corrected chi connectivity index (χ1v) is 8.69. The van der Waals surface area contributed by atoms with Crippen LogP contribution in [0.1, 0.15) is 18.6 Å². The summed E-state index contributed by atoms with van der Waals surface area (Å²) in [4.78, 5) is 11.5. The van der Waals surface area contributed by atoms with Crippen LogP contribution >= 0.6 is 11.6 Å². The lowest BCUT2D eigenvalue weighted by molar-refractivity contribution is -0.113. The number of hydrogen-bond donors (Lipinski definition) is 0. The number of hydrogen-bond acceptors (Lipinski definition) is 4. The molecule has 0 aromatic heterocycles. The molecule has 2 rings (SSSR count). The van der Waals surface area contributed by atoms with E-state index in [1.165, 1.54) is 12.1 Å². The summed E-state index contributed by atoms with van der Waals surface area (Å²) in [7, 11) is -3.25. The van der Waals surface area contributed by atoms with Crippen LogP contribution in [0.4, 0.5) is 0 Å². The van der Waals surface area contributed by atoms with Gasteiger partial charge in [0.05, 0.1) is 10.6 Å². The molecule has 0 aliphatic carbocycles. The van der Waals surface area contributed by atoms with Crippen molar-refractivity contribution in [3.63, 3.8) is 0 Å². The molecular formula is C16H15ClO4S. The van der Waals surface area contributed by atoms with Gasteiger partial charge in [0.2, 0.25) is 0 Å². The molecule has 4 nitrogen and oxygen atoms in total. The van der Waals surface area contributed by atoms with Crippen molar-refractivity contribution in [2.45, 2.75) is 17.9 Å². The van der Waals surface area contributed by atoms with Crippen molar-refractivity contribution in [2.75, 3.05) is 5.75 Å². The molecule has 0 bridgehead atoms. The van der Waals surface area contributed by atoms with Gasteiger partial charge in [-0.05, 0) is 42.0 Å². The van der Waals surface area contributed by atoms with Crippen molar-refractivity contribution < 1.29 is 17.9 Å². The summed E-state index contributed by atoms with van der Waals surface area (Å²) in [6, 6.07) is 12.8. The van der Waals surface area contributed by atoms with E-state index in [0.29, 0.717) is 22.6 Å². The zero-order valence-corrected chi connectivity index (χ0v) is 13.5. The van der Waals surface area contributed by atoms with E-state index in [1.807, 2.05) is 0 Å². The van der Waals surface area contributed by atoms with Gasteiger partial charge in [-0.1, -0.05) is 30.7 Å². The molecule has 0 fully saturated rings. The van der Waals surface area contributed by atoms with Crippen molar-refractivity contribution >= 4 is 27.7 Å². The van der Waals surface area contributed by atoms with E-state index in [0.717, 1.165) is 0 Å². The summed E-state index contributed by atoms with van der Waals surface area (Å²) < 4.78 is 29.1. The Balaban J connectivity index is 2.21. The molecule has 0 saturated carbocycles. The maximum Gasteiger partial charge on any atom is 0.179 e. The lowest BCUT2D eigenvalue weighted by Crippen LogP contribution is -2.10. The van der Waals surface area contributed by atoms with Crippen LogP contribution in [0, 0.1) is 0 Å². The fourth-order valence-corrected chi connectivity index (χ4v) is 2.88. The third-order valence-corrected chi connectivity index (χ3v) is 5.15. The Labute approximate surface area is 134 Å². The molecule has 0 spiro atoms. The van der Waals surface area contributed by atoms with Crippen molar-refractivity contribution in [2.24, 2.45) is 0 Å². The van der Waals surface area contributed by atoms with E-state index >= 15 is 0 Å². The van der Waals surface area contributed by atoms with Gasteiger partial charge in [0.15, 0.2) is 22.2 Å².